The number of aromatic nitrogens is 1. The number of rotatable bonds is 3. The molecule has 21 heavy (non-hydrogen) atoms. The Morgan fingerprint density at radius 3 is 2.57 bits per heavy atom. The minimum absolute atomic E-state index is 0.00515. The molecule has 0 saturated heterocycles. The smallest absolute Gasteiger partial charge is 0.260 e. The summed E-state index contributed by atoms with van der Waals surface area (Å²) >= 11 is 0. The molecule has 1 heterocycles. The van der Waals surface area contributed by atoms with Crippen LogP contribution in [0.2, 0.25) is 0 Å². The van der Waals surface area contributed by atoms with Crippen molar-refractivity contribution < 1.29 is 13.6 Å². The molecule has 110 valence electrons. The summed E-state index contributed by atoms with van der Waals surface area (Å²) in [6, 6.07) is 5.91. The number of nitrogens with one attached hydrogen (secondary N) is 1. The fourth-order valence-electron chi connectivity index (χ4n) is 1.95. The first-order valence-electron chi connectivity index (χ1n) is 6.31. The zero-order valence-electron chi connectivity index (χ0n) is 11.6. The molecule has 1 aromatic carbocycles. The number of carbonyl (C=O) groups excluding carboxylic acids is 1. The number of hydrogen-bond acceptors (Lipinski definition) is 2. The number of amides is 1. The summed E-state index contributed by atoms with van der Waals surface area (Å²) in [4.78, 5) is 27.6. The summed E-state index contributed by atoms with van der Waals surface area (Å²) in [5, 5.41) is 0. The second-order valence-electron chi connectivity index (χ2n) is 4.68. The Labute approximate surface area is 120 Å². The van der Waals surface area contributed by atoms with E-state index in [-0.39, 0.29) is 5.56 Å². The van der Waals surface area contributed by atoms with Crippen LogP contribution < -0.4 is 5.56 Å². The van der Waals surface area contributed by atoms with Crippen LogP contribution in [-0.2, 0) is 0 Å². The van der Waals surface area contributed by atoms with Crippen LogP contribution in [0.1, 0.15) is 28.9 Å². The Kier molecular flexibility index (Phi) is 4.16. The van der Waals surface area contributed by atoms with Gasteiger partial charge in [0.05, 0.1) is 6.04 Å². The molecule has 0 radical (unpaired) electrons. The largest absolute Gasteiger partial charge is 0.335 e. The summed E-state index contributed by atoms with van der Waals surface area (Å²) in [5.74, 6) is -2.41. The second-order valence-corrected chi connectivity index (χ2v) is 4.68. The van der Waals surface area contributed by atoms with Gasteiger partial charge in [0.2, 0.25) is 0 Å². The third-order valence-electron chi connectivity index (χ3n) is 3.38. The molecular weight excluding hydrogens is 278 g/mol. The predicted octanol–water partition coefficient (Wildman–Crippen LogP) is 2.49. The SMILES string of the molecule is C[C@H](c1ccc(F)c(F)c1)N(C)C(=O)c1ccc[nH]c1=O. The number of carbonyl (C=O) groups is 1. The molecule has 0 fully saturated rings. The van der Waals surface area contributed by atoms with Gasteiger partial charge in [-0.15, -0.1) is 0 Å². The Hall–Kier alpha value is -2.50. The van der Waals surface area contributed by atoms with Gasteiger partial charge in [-0.3, -0.25) is 9.59 Å². The highest BCUT2D eigenvalue weighted by Gasteiger charge is 2.21. The molecule has 2 rings (SSSR count). The highest BCUT2D eigenvalue weighted by molar-refractivity contribution is 5.93. The lowest BCUT2D eigenvalue weighted by Crippen LogP contribution is -2.33. The lowest BCUT2D eigenvalue weighted by atomic mass is 10.1. The highest BCUT2D eigenvalue weighted by atomic mass is 19.2. The van der Waals surface area contributed by atoms with Gasteiger partial charge in [-0.1, -0.05) is 6.07 Å². The molecule has 2 aromatic rings. The monoisotopic (exact) mass is 292 g/mol. The minimum atomic E-state index is -0.974. The predicted molar refractivity (Wildman–Crippen MR) is 73.9 cm³/mol. The van der Waals surface area contributed by atoms with Crippen LogP contribution in [0.3, 0.4) is 0 Å². The van der Waals surface area contributed by atoms with Crippen LogP contribution in [0.25, 0.3) is 0 Å². The van der Waals surface area contributed by atoms with E-state index < -0.39 is 29.1 Å². The van der Waals surface area contributed by atoms with Crippen molar-refractivity contribution in [2.75, 3.05) is 7.05 Å². The number of aromatic amines is 1. The Bertz CT molecular complexity index is 728. The average molecular weight is 292 g/mol. The van der Waals surface area contributed by atoms with E-state index >= 15 is 0 Å². The fourth-order valence-corrected chi connectivity index (χ4v) is 1.95. The van der Waals surface area contributed by atoms with Gasteiger partial charge in [0.15, 0.2) is 11.6 Å². The van der Waals surface area contributed by atoms with Gasteiger partial charge >= 0.3 is 0 Å². The van der Waals surface area contributed by atoms with Crippen LogP contribution in [0, 0.1) is 11.6 Å². The summed E-state index contributed by atoms with van der Waals surface area (Å²) in [6.45, 7) is 1.67. The molecule has 0 aliphatic carbocycles. The molecule has 6 heteroatoms. The standard InChI is InChI=1S/C15H14F2N2O2/c1-9(10-5-6-12(16)13(17)8-10)19(2)15(21)11-4-3-7-18-14(11)20/h3-9H,1-2H3,(H,18,20)/t9-/m1/s1. The lowest BCUT2D eigenvalue weighted by Gasteiger charge is -2.25. The van der Waals surface area contributed by atoms with Crippen LogP contribution in [-0.4, -0.2) is 22.8 Å². The third-order valence-corrected chi connectivity index (χ3v) is 3.38. The van der Waals surface area contributed by atoms with Crippen molar-refractivity contribution >= 4 is 5.91 Å². The van der Waals surface area contributed by atoms with Crippen LogP contribution in [0.5, 0.6) is 0 Å². The maximum Gasteiger partial charge on any atom is 0.260 e. The Balaban J connectivity index is 2.28. The highest BCUT2D eigenvalue weighted by Crippen LogP contribution is 2.21. The number of nitrogens with zero attached hydrogens (tertiary/aromatic N) is 1. The molecule has 0 unspecified atom stereocenters. The molecule has 1 N–H and O–H groups in total. The van der Waals surface area contributed by atoms with Crippen molar-refractivity contribution in [3.05, 3.63) is 69.6 Å². The van der Waals surface area contributed by atoms with Gasteiger partial charge < -0.3 is 9.88 Å². The number of pyridine rings is 1. The summed E-state index contributed by atoms with van der Waals surface area (Å²) in [7, 11) is 1.50. The zero-order valence-corrected chi connectivity index (χ0v) is 11.6. The fraction of sp³-hybridized carbons (Fsp3) is 0.200. The molecular formula is C15H14F2N2O2. The normalized spacial score (nSPS) is 12.0. The third kappa shape index (κ3) is 2.99. The van der Waals surface area contributed by atoms with Crippen molar-refractivity contribution in [2.24, 2.45) is 0 Å². The van der Waals surface area contributed by atoms with Crippen molar-refractivity contribution in [1.82, 2.24) is 9.88 Å². The molecule has 0 aliphatic heterocycles. The second kappa shape index (κ2) is 5.87. The van der Waals surface area contributed by atoms with Crippen LogP contribution in [0.15, 0.2) is 41.3 Å². The maximum absolute atomic E-state index is 13.3. The summed E-state index contributed by atoms with van der Waals surface area (Å²) in [6.07, 6.45) is 1.43. The number of H-pyrrole nitrogens is 1. The molecule has 4 nitrogen and oxygen atoms in total. The summed E-state index contributed by atoms with van der Waals surface area (Å²) in [5.41, 5.74) is -0.0571. The van der Waals surface area contributed by atoms with E-state index in [1.165, 1.54) is 30.3 Å². The minimum Gasteiger partial charge on any atom is -0.335 e. The van der Waals surface area contributed by atoms with Crippen molar-refractivity contribution in [3.63, 3.8) is 0 Å². The molecule has 0 saturated carbocycles. The van der Waals surface area contributed by atoms with E-state index in [1.54, 1.807) is 13.0 Å². The van der Waals surface area contributed by atoms with Gasteiger partial charge in [-0.25, -0.2) is 8.78 Å². The van der Waals surface area contributed by atoms with Gasteiger partial charge in [-0.05, 0) is 36.8 Å². The Morgan fingerprint density at radius 1 is 1.24 bits per heavy atom. The lowest BCUT2D eigenvalue weighted by molar-refractivity contribution is 0.0740. The molecule has 0 aliphatic rings. The Morgan fingerprint density at radius 2 is 1.95 bits per heavy atom. The van der Waals surface area contributed by atoms with Gasteiger partial charge in [0, 0.05) is 13.2 Å². The van der Waals surface area contributed by atoms with Gasteiger partial charge in [-0.2, -0.15) is 0 Å². The molecule has 1 amide bonds. The summed E-state index contributed by atoms with van der Waals surface area (Å²) < 4.78 is 26.2. The number of hydrogen-bond donors (Lipinski definition) is 1. The van der Waals surface area contributed by atoms with Crippen molar-refractivity contribution in [3.8, 4) is 0 Å². The number of halogens is 2. The maximum atomic E-state index is 13.3. The first-order valence-corrected chi connectivity index (χ1v) is 6.31. The van der Waals surface area contributed by atoms with E-state index in [9.17, 15) is 18.4 Å². The van der Waals surface area contributed by atoms with Crippen LogP contribution >= 0.6 is 0 Å². The van der Waals surface area contributed by atoms with E-state index in [2.05, 4.69) is 4.98 Å². The van der Waals surface area contributed by atoms with E-state index in [4.69, 9.17) is 0 Å². The molecule has 1 aromatic heterocycles. The molecule has 0 spiro atoms. The van der Waals surface area contributed by atoms with E-state index in [0.29, 0.717) is 5.56 Å². The van der Waals surface area contributed by atoms with Crippen molar-refractivity contribution in [1.29, 1.82) is 0 Å². The van der Waals surface area contributed by atoms with E-state index in [1.807, 2.05) is 0 Å². The first kappa shape index (κ1) is 14.9. The number of benzene rings is 1. The average Bonchev–Trinajstić information content (AvgIpc) is 2.48. The topological polar surface area (TPSA) is 53.2 Å². The first-order chi connectivity index (χ1) is 9.91. The van der Waals surface area contributed by atoms with Gasteiger partial charge in [0.1, 0.15) is 5.56 Å². The van der Waals surface area contributed by atoms with Gasteiger partial charge in [0.25, 0.3) is 11.5 Å². The van der Waals surface area contributed by atoms with Crippen molar-refractivity contribution in [2.45, 2.75) is 13.0 Å². The van der Waals surface area contributed by atoms with Crippen LogP contribution in [0.4, 0.5) is 8.78 Å². The molecule has 1 atom stereocenters. The zero-order chi connectivity index (χ0) is 15.6. The quantitative estimate of drug-likeness (QED) is 0.945. The molecule has 0 bridgehead atoms. The van der Waals surface area contributed by atoms with E-state index in [0.717, 1.165) is 12.1 Å².